The average molecular weight is 456 g/mol. The van der Waals surface area contributed by atoms with Crippen molar-refractivity contribution in [3.8, 4) is 5.00 Å². The van der Waals surface area contributed by atoms with Gasteiger partial charge in [-0.2, -0.15) is 0 Å². The number of hydrogen-bond acceptors (Lipinski definition) is 5. The van der Waals surface area contributed by atoms with Crippen molar-refractivity contribution in [1.29, 1.82) is 0 Å². The Kier molecular flexibility index (Phi) is 5.99. The molecule has 1 aliphatic rings. The number of hydrogen-bond donors (Lipinski definition) is 1. The van der Waals surface area contributed by atoms with Crippen LogP contribution in [0.2, 0.25) is 5.02 Å². The molecule has 0 saturated carbocycles. The summed E-state index contributed by atoms with van der Waals surface area (Å²) in [6, 6.07) is 7.38. The number of halogens is 1. The second-order valence-electron chi connectivity index (χ2n) is 7.99. The molecule has 0 radical (unpaired) electrons. The fourth-order valence-electron chi connectivity index (χ4n) is 3.74. The van der Waals surface area contributed by atoms with Gasteiger partial charge in [-0.25, -0.2) is 0 Å². The number of nitrogens with zero attached hydrogens (tertiary/aromatic N) is 4. The fourth-order valence-corrected chi connectivity index (χ4v) is 5.08. The summed E-state index contributed by atoms with van der Waals surface area (Å²) in [4.78, 5) is 19.1. The van der Waals surface area contributed by atoms with E-state index in [1.54, 1.807) is 11.3 Å². The van der Waals surface area contributed by atoms with E-state index in [4.69, 9.17) is 16.6 Å². The maximum absolute atomic E-state index is 12.8. The minimum absolute atomic E-state index is 0.0380. The van der Waals surface area contributed by atoms with E-state index in [0.29, 0.717) is 10.8 Å². The van der Waals surface area contributed by atoms with E-state index in [1.807, 2.05) is 38.1 Å². The van der Waals surface area contributed by atoms with E-state index in [1.165, 1.54) is 10.4 Å². The average Bonchev–Trinajstić information content (AvgIpc) is 3.21. The molecule has 0 fully saturated rings. The predicted molar refractivity (Wildman–Crippen MR) is 126 cm³/mol. The van der Waals surface area contributed by atoms with Crippen LogP contribution in [-0.2, 0) is 4.79 Å². The van der Waals surface area contributed by atoms with Gasteiger partial charge in [0.15, 0.2) is 5.82 Å². The number of aromatic nitrogens is 3. The summed E-state index contributed by atoms with van der Waals surface area (Å²) in [6.07, 6.45) is 1.09. The number of amides is 1. The third kappa shape index (κ3) is 4.04. The molecule has 2 atom stereocenters. The Hall–Kier alpha value is -2.51. The SMILES string of the molecule is CCC(C)NC(=O)CC1N=C(c2ccc(Cl)cc2)c2c(sc(C)c2C)-n2c(C)nnc21. The molecule has 3 heterocycles. The zero-order chi connectivity index (χ0) is 22.3. The van der Waals surface area contributed by atoms with Gasteiger partial charge in [-0.1, -0.05) is 30.7 Å². The van der Waals surface area contributed by atoms with Crippen molar-refractivity contribution in [2.45, 2.75) is 59.5 Å². The first-order valence-electron chi connectivity index (χ1n) is 10.5. The molecule has 1 aromatic carbocycles. The quantitative estimate of drug-likeness (QED) is 0.581. The number of fused-ring (bicyclic) bond motifs is 3. The first kappa shape index (κ1) is 21.7. The Morgan fingerprint density at radius 3 is 2.61 bits per heavy atom. The standard InChI is InChI=1S/C23H26ClN5OS/c1-6-12(2)25-19(30)11-18-22-28-27-15(5)29(22)23-20(13(3)14(4)31-23)21(26-18)16-7-9-17(24)10-8-16/h7-10,12,18H,6,11H2,1-5H3,(H,25,30). The first-order chi connectivity index (χ1) is 14.8. The van der Waals surface area contributed by atoms with Crippen LogP contribution in [-0.4, -0.2) is 32.4 Å². The normalized spacial score (nSPS) is 16.2. The highest BCUT2D eigenvalue weighted by Gasteiger charge is 2.32. The lowest BCUT2D eigenvalue weighted by Crippen LogP contribution is -2.33. The summed E-state index contributed by atoms with van der Waals surface area (Å²) in [5, 5.41) is 13.5. The Labute approximate surface area is 191 Å². The molecular formula is C23H26ClN5OS. The molecule has 162 valence electrons. The van der Waals surface area contributed by atoms with Gasteiger partial charge in [0.1, 0.15) is 16.9 Å². The number of aryl methyl sites for hydroxylation is 2. The third-order valence-corrected chi connectivity index (χ3v) is 7.20. The van der Waals surface area contributed by atoms with Crippen molar-refractivity contribution >= 4 is 34.6 Å². The zero-order valence-electron chi connectivity index (χ0n) is 18.4. The van der Waals surface area contributed by atoms with Crippen LogP contribution in [0.4, 0.5) is 0 Å². The van der Waals surface area contributed by atoms with Gasteiger partial charge in [-0.15, -0.1) is 21.5 Å². The molecule has 1 amide bonds. The van der Waals surface area contributed by atoms with Gasteiger partial charge >= 0.3 is 0 Å². The topological polar surface area (TPSA) is 72.2 Å². The summed E-state index contributed by atoms with van der Waals surface area (Å²) in [6.45, 7) is 10.2. The molecule has 6 nitrogen and oxygen atoms in total. The summed E-state index contributed by atoms with van der Waals surface area (Å²) < 4.78 is 2.06. The molecule has 0 aliphatic carbocycles. The maximum Gasteiger partial charge on any atom is 0.222 e. The lowest BCUT2D eigenvalue weighted by atomic mass is 9.99. The van der Waals surface area contributed by atoms with E-state index in [0.717, 1.165) is 34.1 Å². The van der Waals surface area contributed by atoms with Gasteiger partial charge in [0.25, 0.3) is 0 Å². The smallest absolute Gasteiger partial charge is 0.222 e. The summed E-state index contributed by atoms with van der Waals surface area (Å²) >= 11 is 7.85. The van der Waals surface area contributed by atoms with E-state index in [2.05, 4.69) is 40.9 Å². The largest absolute Gasteiger partial charge is 0.354 e. The Bertz CT molecular complexity index is 1160. The second-order valence-corrected chi connectivity index (χ2v) is 9.63. The molecule has 0 spiro atoms. The number of aliphatic imine (C=N–C) groups is 1. The molecular weight excluding hydrogens is 430 g/mol. The summed E-state index contributed by atoms with van der Waals surface area (Å²) in [5.41, 5.74) is 4.08. The molecule has 2 aromatic heterocycles. The van der Waals surface area contributed by atoms with Crippen molar-refractivity contribution in [1.82, 2.24) is 20.1 Å². The molecule has 0 bridgehead atoms. The lowest BCUT2D eigenvalue weighted by molar-refractivity contribution is -0.122. The molecule has 8 heteroatoms. The molecule has 2 unspecified atom stereocenters. The van der Waals surface area contributed by atoms with Crippen molar-refractivity contribution in [3.63, 3.8) is 0 Å². The van der Waals surface area contributed by atoms with Crippen LogP contribution in [0.25, 0.3) is 5.00 Å². The Balaban J connectivity index is 1.89. The first-order valence-corrected chi connectivity index (χ1v) is 11.6. The fraction of sp³-hybridized carbons (Fsp3) is 0.391. The monoisotopic (exact) mass is 455 g/mol. The van der Waals surface area contributed by atoms with Crippen molar-refractivity contribution < 1.29 is 4.79 Å². The van der Waals surface area contributed by atoms with Gasteiger partial charge < -0.3 is 5.32 Å². The molecule has 31 heavy (non-hydrogen) atoms. The zero-order valence-corrected chi connectivity index (χ0v) is 19.9. The molecule has 4 rings (SSSR count). The number of nitrogens with one attached hydrogen (secondary N) is 1. The van der Waals surface area contributed by atoms with Crippen molar-refractivity contribution in [2.75, 3.05) is 0 Å². The molecule has 1 aliphatic heterocycles. The van der Waals surface area contributed by atoms with Gasteiger partial charge in [-0.05, 0) is 51.8 Å². The van der Waals surface area contributed by atoms with Crippen LogP contribution < -0.4 is 5.32 Å². The number of carbonyl (C=O) groups excluding carboxylic acids is 1. The van der Waals surface area contributed by atoms with Gasteiger partial charge in [-0.3, -0.25) is 14.4 Å². The summed E-state index contributed by atoms with van der Waals surface area (Å²) in [7, 11) is 0. The highest BCUT2D eigenvalue weighted by Crippen LogP contribution is 2.39. The Morgan fingerprint density at radius 1 is 1.23 bits per heavy atom. The highest BCUT2D eigenvalue weighted by molar-refractivity contribution is 7.15. The third-order valence-electron chi connectivity index (χ3n) is 5.76. The van der Waals surface area contributed by atoms with E-state index in [-0.39, 0.29) is 18.4 Å². The maximum atomic E-state index is 12.8. The number of benzene rings is 1. The van der Waals surface area contributed by atoms with Gasteiger partial charge in [0.05, 0.1) is 12.1 Å². The molecule has 0 saturated heterocycles. The van der Waals surface area contributed by atoms with Crippen LogP contribution >= 0.6 is 22.9 Å². The van der Waals surface area contributed by atoms with Crippen LogP contribution in [0, 0.1) is 20.8 Å². The Morgan fingerprint density at radius 2 is 1.94 bits per heavy atom. The van der Waals surface area contributed by atoms with Crippen molar-refractivity contribution in [3.05, 3.63) is 62.5 Å². The van der Waals surface area contributed by atoms with Gasteiger partial charge in [0.2, 0.25) is 5.91 Å². The van der Waals surface area contributed by atoms with E-state index in [9.17, 15) is 4.79 Å². The predicted octanol–water partition coefficient (Wildman–Crippen LogP) is 5.10. The van der Waals surface area contributed by atoms with Crippen LogP contribution in [0.15, 0.2) is 29.3 Å². The summed E-state index contributed by atoms with van der Waals surface area (Å²) in [5.74, 6) is 1.45. The van der Waals surface area contributed by atoms with E-state index < -0.39 is 6.04 Å². The minimum Gasteiger partial charge on any atom is -0.354 e. The van der Waals surface area contributed by atoms with Crippen LogP contribution in [0.5, 0.6) is 0 Å². The number of carbonyl (C=O) groups is 1. The van der Waals surface area contributed by atoms with Crippen molar-refractivity contribution in [2.24, 2.45) is 4.99 Å². The second kappa shape index (κ2) is 8.55. The van der Waals surface area contributed by atoms with Crippen LogP contribution in [0.3, 0.4) is 0 Å². The highest BCUT2D eigenvalue weighted by atomic mass is 35.5. The molecule has 1 N–H and O–H groups in total. The van der Waals surface area contributed by atoms with Gasteiger partial charge in [0, 0.05) is 27.1 Å². The minimum atomic E-state index is -0.435. The van der Waals surface area contributed by atoms with E-state index >= 15 is 0 Å². The number of thiophene rings is 1. The lowest BCUT2D eigenvalue weighted by Gasteiger charge is -2.15. The molecule has 3 aromatic rings. The van der Waals surface area contributed by atoms with Crippen LogP contribution in [0.1, 0.15) is 65.9 Å². The number of rotatable bonds is 5.